The molecular weight excluding hydrogens is 389 g/mol. The fourth-order valence-electron chi connectivity index (χ4n) is 2.99. The molecule has 1 fully saturated rings. The minimum Gasteiger partial charge on any atom is -0.497 e. The van der Waals surface area contributed by atoms with E-state index in [1.807, 2.05) is 47.4 Å². The summed E-state index contributed by atoms with van der Waals surface area (Å²) in [6, 6.07) is 15.9. The number of nitrogens with zero attached hydrogens (tertiary/aromatic N) is 1. The average molecular weight is 407 g/mol. The Morgan fingerprint density at radius 2 is 2.05 bits per heavy atom. The van der Waals surface area contributed by atoms with Crippen LogP contribution in [-0.2, 0) is 0 Å². The predicted octanol–water partition coefficient (Wildman–Crippen LogP) is 4.28. The van der Waals surface area contributed by atoms with Crippen LogP contribution < -0.4 is 4.74 Å². The third-order valence-electron chi connectivity index (χ3n) is 4.10. The van der Waals surface area contributed by atoms with Crippen molar-refractivity contribution in [2.45, 2.75) is 18.9 Å². The van der Waals surface area contributed by atoms with E-state index in [1.165, 1.54) is 0 Å². The molecule has 0 aromatic heterocycles. The van der Waals surface area contributed by atoms with Gasteiger partial charge >= 0.3 is 0 Å². The van der Waals surface area contributed by atoms with Gasteiger partial charge in [-0.2, -0.15) is 0 Å². The number of carbonyl (C=O) groups excluding carboxylic acids is 1. The lowest BCUT2D eigenvalue weighted by molar-refractivity contribution is 0.0734. The molecular formula is C18H18INO2. The highest BCUT2D eigenvalue weighted by Gasteiger charge is 2.31. The lowest BCUT2D eigenvalue weighted by atomic mass is 10.0. The SMILES string of the molecule is COc1cccc(C2CCCN2C(=O)c2ccccc2I)c1. The maximum Gasteiger partial charge on any atom is 0.255 e. The summed E-state index contributed by atoms with van der Waals surface area (Å²) >= 11 is 2.23. The average Bonchev–Trinajstić information content (AvgIpc) is 3.04. The topological polar surface area (TPSA) is 29.5 Å². The van der Waals surface area contributed by atoms with E-state index in [0.717, 1.165) is 39.8 Å². The summed E-state index contributed by atoms with van der Waals surface area (Å²) in [5, 5.41) is 0. The number of amides is 1. The van der Waals surface area contributed by atoms with Gasteiger partial charge in [-0.1, -0.05) is 24.3 Å². The van der Waals surface area contributed by atoms with E-state index in [0.29, 0.717) is 0 Å². The zero-order chi connectivity index (χ0) is 15.5. The summed E-state index contributed by atoms with van der Waals surface area (Å²) in [5.41, 5.74) is 1.94. The molecule has 3 rings (SSSR count). The highest BCUT2D eigenvalue weighted by Crippen LogP contribution is 2.34. The van der Waals surface area contributed by atoms with Crippen LogP contribution in [0.2, 0.25) is 0 Å². The zero-order valence-electron chi connectivity index (χ0n) is 12.5. The molecule has 1 aliphatic heterocycles. The van der Waals surface area contributed by atoms with Crippen LogP contribution in [0.15, 0.2) is 48.5 Å². The number of carbonyl (C=O) groups is 1. The fourth-order valence-corrected chi connectivity index (χ4v) is 3.61. The molecule has 0 N–H and O–H groups in total. The number of methoxy groups -OCH3 is 1. The van der Waals surface area contributed by atoms with Gasteiger partial charge in [0.2, 0.25) is 0 Å². The Bertz CT molecular complexity index is 686. The van der Waals surface area contributed by atoms with E-state index in [1.54, 1.807) is 7.11 Å². The van der Waals surface area contributed by atoms with Crippen molar-refractivity contribution in [1.29, 1.82) is 0 Å². The molecule has 22 heavy (non-hydrogen) atoms. The number of rotatable bonds is 3. The van der Waals surface area contributed by atoms with E-state index in [-0.39, 0.29) is 11.9 Å². The van der Waals surface area contributed by atoms with Gasteiger partial charge in [0.05, 0.1) is 18.7 Å². The number of likely N-dealkylation sites (tertiary alicyclic amines) is 1. The summed E-state index contributed by atoms with van der Waals surface area (Å²) in [6.07, 6.45) is 2.04. The molecule has 1 unspecified atom stereocenters. The number of hydrogen-bond donors (Lipinski definition) is 0. The highest BCUT2D eigenvalue weighted by molar-refractivity contribution is 14.1. The molecule has 0 radical (unpaired) electrons. The molecule has 1 amide bonds. The first-order valence-corrected chi connectivity index (χ1v) is 8.48. The van der Waals surface area contributed by atoms with Crippen molar-refractivity contribution < 1.29 is 9.53 Å². The minimum absolute atomic E-state index is 0.121. The van der Waals surface area contributed by atoms with Crippen LogP contribution in [0, 0.1) is 3.57 Å². The monoisotopic (exact) mass is 407 g/mol. The molecule has 1 heterocycles. The van der Waals surface area contributed by atoms with Crippen molar-refractivity contribution >= 4 is 28.5 Å². The summed E-state index contributed by atoms with van der Waals surface area (Å²) < 4.78 is 6.31. The van der Waals surface area contributed by atoms with Crippen LogP contribution >= 0.6 is 22.6 Å². The second-order valence-electron chi connectivity index (χ2n) is 5.41. The Hall–Kier alpha value is -1.56. The number of halogens is 1. The van der Waals surface area contributed by atoms with Crippen molar-refractivity contribution in [3.8, 4) is 5.75 Å². The largest absolute Gasteiger partial charge is 0.497 e. The molecule has 2 aromatic carbocycles. The standard InChI is InChI=1S/C18H18INO2/c1-22-14-7-4-6-13(12-14)17-10-5-11-20(17)18(21)15-8-2-3-9-16(15)19/h2-4,6-9,12,17H,5,10-11H2,1H3. The maximum absolute atomic E-state index is 12.9. The van der Waals surface area contributed by atoms with Crippen LogP contribution in [-0.4, -0.2) is 24.5 Å². The second kappa shape index (κ2) is 6.69. The van der Waals surface area contributed by atoms with Gasteiger partial charge in [-0.15, -0.1) is 0 Å². The van der Waals surface area contributed by atoms with E-state index < -0.39 is 0 Å². The van der Waals surface area contributed by atoms with Gasteiger partial charge in [-0.3, -0.25) is 4.79 Å². The number of hydrogen-bond acceptors (Lipinski definition) is 2. The van der Waals surface area contributed by atoms with Crippen LogP contribution in [0.1, 0.15) is 34.8 Å². The first-order valence-electron chi connectivity index (χ1n) is 7.40. The predicted molar refractivity (Wildman–Crippen MR) is 95.2 cm³/mol. The quantitative estimate of drug-likeness (QED) is 0.712. The molecule has 0 bridgehead atoms. The van der Waals surface area contributed by atoms with Gasteiger partial charge in [0.25, 0.3) is 5.91 Å². The molecule has 2 aromatic rings. The van der Waals surface area contributed by atoms with Crippen LogP contribution in [0.3, 0.4) is 0 Å². The van der Waals surface area contributed by atoms with Crippen LogP contribution in [0.25, 0.3) is 0 Å². The summed E-state index contributed by atoms with van der Waals surface area (Å²) in [7, 11) is 1.67. The summed E-state index contributed by atoms with van der Waals surface area (Å²) in [5.74, 6) is 0.960. The third kappa shape index (κ3) is 2.97. The molecule has 0 saturated carbocycles. The third-order valence-corrected chi connectivity index (χ3v) is 5.04. The van der Waals surface area contributed by atoms with Gasteiger partial charge in [0, 0.05) is 10.1 Å². The molecule has 3 nitrogen and oxygen atoms in total. The first-order chi connectivity index (χ1) is 10.7. The number of benzene rings is 2. The van der Waals surface area contributed by atoms with E-state index in [2.05, 4.69) is 28.7 Å². The van der Waals surface area contributed by atoms with Crippen molar-refractivity contribution in [2.75, 3.05) is 13.7 Å². The zero-order valence-corrected chi connectivity index (χ0v) is 14.6. The van der Waals surface area contributed by atoms with Gasteiger partial charge < -0.3 is 9.64 Å². The molecule has 4 heteroatoms. The van der Waals surface area contributed by atoms with Crippen molar-refractivity contribution in [1.82, 2.24) is 4.90 Å². The van der Waals surface area contributed by atoms with Gasteiger partial charge in [0.15, 0.2) is 0 Å². The fraction of sp³-hybridized carbons (Fsp3) is 0.278. The molecule has 1 aliphatic rings. The lowest BCUT2D eigenvalue weighted by Gasteiger charge is -2.26. The Morgan fingerprint density at radius 1 is 1.23 bits per heavy atom. The summed E-state index contributed by atoms with van der Waals surface area (Å²) in [6.45, 7) is 0.811. The molecule has 0 spiro atoms. The molecule has 114 valence electrons. The minimum atomic E-state index is 0.121. The van der Waals surface area contributed by atoms with E-state index in [4.69, 9.17) is 4.74 Å². The smallest absolute Gasteiger partial charge is 0.255 e. The second-order valence-corrected chi connectivity index (χ2v) is 6.58. The highest BCUT2D eigenvalue weighted by atomic mass is 127. The van der Waals surface area contributed by atoms with E-state index >= 15 is 0 Å². The van der Waals surface area contributed by atoms with Crippen LogP contribution in [0.5, 0.6) is 5.75 Å². The summed E-state index contributed by atoms with van der Waals surface area (Å²) in [4.78, 5) is 14.9. The Kier molecular flexibility index (Phi) is 4.66. The molecule has 0 aliphatic carbocycles. The van der Waals surface area contributed by atoms with Crippen molar-refractivity contribution in [2.24, 2.45) is 0 Å². The Balaban J connectivity index is 1.90. The Labute approximate surface area is 144 Å². The van der Waals surface area contributed by atoms with Crippen molar-refractivity contribution in [3.05, 3.63) is 63.2 Å². The van der Waals surface area contributed by atoms with Gasteiger partial charge in [-0.05, 0) is 65.3 Å². The normalized spacial score (nSPS) is 17.5. The van der Waals surface area contributed by atoms with Crippen molar-refractivity contribution in [3.63, 3.8) is 0 Å². The molecule has 1 atom stereocenters. The van der Waals surface area contributed by atoms with E-state index in [9.17, 15) is 4.79 Å². The lowest BCUT2D eigenvalue weighted by Crippen LogP contribution is -2.31. The van der Waals surface area contributed by atoms with Crippen LogP contribution in [0.4, 0.5) is 0 Å². The maximum atomic E-state index is 12.9. The first kappa shape index (κ1) is 15.3. The molecule has 1 saturated heterocycles. The Morgan fingerprint density at radius 3 is 2.82 bits per heavy atom. The van der Waals surface area contributed by atoms with Gasteiger partial charge in [-0.25, -0.2) is 0 Å². The number of ether oxygens (including phenoxy) is 1. The van der Waals surface area contributed by atoms with Gasteiger partial charge in [0.1, 0.15) is 5.75 Å².